The zero-order chi connectivity index (χ0) is 13.5. The number of rotatable bonds is 5. The highest BCUT2D eigenvalue weighted by Crippen LogP contribution is 2.14. The second kappa shape index (κ2) is 6.40. The van der Waals surface area contributed by atoms with Crippen molar-refractivity contribution in [3.05, 3.63) is 39.9 Å². The molecule has 94 valence electrons. The molecule has 0 aliphatic carbocycles. The van der Waals surface area contributed by atoms with Crippen LogP contribution in [-0.4, -0.2) is 28.8 Å². The fourth-order valence-corrected chi connectivity index (χ4v) is 1.57. The standard InChI is InChI=1S/C13H14N2O3/c1-3-8-14(9-4-2)13(16)11-6-5-7-12(10-11)15(17)18/h1,5-7,10H,4,8-9H2,2H3. The Morgan fingerprint density at radius 3 is 2.83 bits per heavy atom. The summed E-state index contributed by atoms with van der Waals surface area (Å²) >= 11 is 0. The summed E-state index contributed by atoms with van der Waals surface area (Å²) < 4.78 is 0. The van der Waals surface area contributed by atoms with E-state index in [2.05, 4.69) is 5.92 Å². The third-order valence-electron chi connectivity index (χ3n) is 2.37. The quantitative estimate of drug-likeness (QED) is 0.454. The Hall–Kier alpha value is -2.35. The zero-order valence-corrected chi connectivity index (χ0v) is 10.1. The maximum Gasteiger partial charge on any atom is 0.270 e. The summed E-state index contributed by atoms with van der Waals surface area (Å²) in [5.41, 5.74) is 0.186. The fourth-order valence-electron chi connectivity index (χ4n) is 1.57. The second-order valence-corrected chi connectivity index (χ2v) is 3.74. The smallest absolute Gasteiger partial charge is 0.270 e. The van der Waals surface area contributed by atoms with Crippen LogP contribution in [0, 0.1) is 22.5 Å². The van der Waals surface area contributed by atoms with Gasteiger partial charge in [0.2, 0.25) is 0 Å². The zero-order valence-electron chi connectivity index (χ0n) is 10.1. The van der Waals surface area contributed by atoms with Crippen LogP contribution in [0.3, 0.4) is 0 Å². The van der Waals surface area contributed by atoms with E-state index in [1.165, 1.54) is 23.1 Å². The van der Waals surface area contributed by atoms with E-state index >= 15 is 0 Å². The first-order valence-corrected chi connectivity index (χ1v) is 5.57. The Morgan fingerprint density at radius 2 is 2.28 bits per heavy atom. The summed E-state index contributed by atoms with van der Waals surface area (Å²) in [4.78, 5) is 23.7. The van der Waals surface area contributed by atoms with Crippen molar-refractivity contribution in [3.63, 3.8) is 0 Å². The van der Waals surface area contributed by atoms with E-state index in [-0.39, 0.29) is 23.7 Å². The summed E-state index contributed by atoms with van der Waals surface area (Å²) in [5, 5.41) is 10.6. The molecular formula is C13H14N2O3. The van der Waals surface area contributed by atoms with Gasteiger partial charge in [-0.1, -0.05) is 18.9 Å². The van der Waals surface area contributed by atoms with Gasteiger partial charge in [0.25, 0.3) is 11.6 Å². The van der Waals surface area contributed by atoms with Gasteiger partial charge in [0.1, 0.15) is 0 Å². The summed E-state index contributed by atoms with van der Waals surface area (Å²) in [5.74, 6) is 2.13. The molecule has 0 atom stereocenters. The van der Waals surface area contributed by atoms with E-state index in [0.717, 1.165) is 6.42 Å². The summed E-state index contributed by atoms with van der Waals surface area (Å²) in [7, 11) is 0. The first kappa shape index (κ1) is 13.7. The largest absolute Gasteiger partial charge is 0.328 e. The second-order valence-electron chi connectivity index (χ2n) is 3.74. The Balaban J connectivity index is 2.97. The van der Waals surface area contributed by atoms with Crippen molar-refractivity contribution in [2.24, 2.45) is 0 Å². The average molecular weight is 246 g/mol. The Kier molecular flexibility index (Phi) is 4.88. The van der Waals surface area contributed by atoms with Gasteiger partial charge >= 0.3 is 0 Å². The molecule has 1 amide bonds. The third-order valence-corrected chi connectivity index (χ3v) is 2.37. The Labute approximate surface area is 106 Å². The van der Waals surface area contributed by atoms with Crippen LogP contribution in [0.2, 0.25) is 0 Å². The molecule has 0 aromatic heterocycles. The van der Waals surface area contributed by atoms with Crippen molar-refractivity contribution in [1.29, 1.82) is 0 Å². The van der Waals surface area contributed by atoms with Crippen LogP contribution < -0.4 is 0 Å². The monoisotopic (exact) mass is 246 g/mol. The van der Waals surface area contributed by atoms with Crippen LogP contribution in [0.15, 0.2) is 24.3 Å². The normalized spacial score (nSPS) is 9.56. The van der Waals surface area contributed by atoms with E-state index in [9.17, 15) is 14.9 Å². The van der Waals surface area contributed by atoms with Gasteiger partial charge in [0.05, 0.1) is 11.5 Å². The molecule has 1 aromatic rings. The van der Waals surface area contributed by atoms with Gasteiger partial charge < -0.3 is 4.90 Å². The van der Waals surface area contributed by atoms with Crippen LogP contribution in [0.4, 0.5) is 5.69 Å². The van der Waals surface area contributed by atoms with Gasteiger partial charge in [0, 0.05) is 24.2 Å². The van der Waals surface area contributed by atoms with Crippen LogP contribution in [-0.2, 0) is 0 Å². The lowest BCUT2D eigenvalue weighted by atomic mass is 10.1. The number of nitrogens with zero attached hydrogens (tertiary/aromatic N) is 2. The number of hydrogen-bond donors (Lipinski definition) is 0. The van der Waals surface area contributed by atoms with Crippen LogP contribution in [0.1, 0.15) is 23.7 Å². The van der Waals surface area contributed by atoms with Gasteiger partial charge in [-0.3, -0.25) is 14.9 Å². The van der Waals surface area contributed by atoms with Gasteiger partial charge in [-0.2, -0.15) is 0 Å². The lowest BCUT2D eigenvalue weighted by Gasteiger charge is -2.19. The van der Waals surface area contributed by atoms with Crippen LogP contribution >= 0.6 is 0 Å². The van der Waals surface area contributed by atoms with Gasteiger partial charge in [-0.25, -0.2) is 0 Å². The van der Waals surface area contributed by atoms with Crippen molar-refractivity contribution in [3.8, 4) is 12.3 Å². The van der Waals surface area contributed by atoms with Crippen molar-refractivity contribution >= 4 is 11.6 Å². The van der Waals surface area contributed by atoms with Crippen LogP contribution in [0.5, 0.6) is 0 Å². The van der Waals surface area contributed by atoms with E-state index in [1.54, 1.807) is 6.07 Å². The van der Waals surface area contributed by atoms with Gasteiger partial charge in [-0.05, 0) is 12.5 Å². The molecular weight excluding hydrogens is 232 g/mol. The molecule has 0 aliphatic rings. The molecule has 0 unspecified atom stereocenters. The van der Waals surface area contributed by atoms with Gasteiger partial charge in [-0.15, -0.1) is 6.42 Å². The van der Waals surface area contributed by atoms with Crippen molar-refractivity contribution in [2.45, 2.75) is 13.3 Å². The molecule has 1 aromatic carbocycles. The molecule has 0 spiro atoms. The third kappa shape index (κ3) is 3.32. The first-order valence-electron chi connectivity index (χ1n) is 5.57. The topological polar surface area (TPSA) is 63.5 Å². The molecule has 0 aliphatic heterocycles. The molecule has 0 saturated carbocycles. The number of nitro groups is 1. The van der Waals surface area contributed by atoms with E-state index < -0.39 is 4.92 Å². The highest BCUT2D eigenvalue weighted by Gasteiger charge is 2.16. The fraction of sp³-hybridized carbons (Fsp3) is 0.308. The predicted molar refractivity (Wildman–Crippen MR) is 68.1 cm³/mol. The van der Waals surface area contributed by atoms with Crippen molar-refractivity contribution < 1.29 is 9.72 Å². The molecule has 0 radical (unpaired) electrons. The maximum absolute atomic E-state index is 12.1. The minimum Gasteiger partial charge on any atom is -0.328 e. The number of hydrogen-bond acceptors (Lipinski definition) is 3. The molecule has 0 heterocycles. The minimum absolute atomic E-state index is 0.0991. The Morgan fingerprint density at radius 1 is 1.56 bits per heavy atom. The number of nitro benzene ring substituents is 1. The molecule has 18 heavy (non-hydrogen) atoms. The first-order chi connectivity index (χ1) is 8.60. The number of non-ortho nitro benzene ring substituents is 1. The molecule has 1 rings (SSSR count). The minimum atomic E-state index is -0.526. The number of benzene rings is 1. The SMILES string of the molecule is C#CCN(CCC)C(=O)c1cccc([N+](=O)[O-])c1. The predicted octanol–water partition coefficient (Wildman–Crippen LogP) is 2.08. The van der Waals surface area contributed by atoms with E-state index in [4.69, 9.17) is 6.42 Å². The average Bonchev–Trinajstić information content (AvgIpc) is 2.38. The summed E-state index contributed by atoms with van der Waals surface area (Å²) in [6.45, 7) is 2.67. The maximum atomic E-state index is 12.1. The van der Waals surface area contributed by atoms with E-state index in [0.29, 0.717) is 6.54 Å². The number of amides is 1. The molecule has 0 N–H and O–H groups in total. The molecule has 5 heteroatoms. The highest BCUT2D eigenvalue weighted by molar-refractivity contribution is 5.95. The molecule has 0 saturated heterocycles. The van der Waals surface area contributed by atoms with Crippen molar-refractivity contribution in [2.75, 3.05) is 13.1 Å². The molecule has 0 fully saturated rings. The van der Waals surface area contributed by atoms with E-state index in [1.807, 2.05) is 6.92 Å². The molecule has 5 nitrogen and oxygen atoms in total. The summed E-state index contributed by atoms with van der Waals surface area (Å²) in [6.07, 6.45) is 5.98. The number of carbonyl (C=O) groups is 1. The Bertz CT molecular complexity index is 491. The lowest BCUT2D eigenvalue weighted by molar-refractivity contribution is -0.384. The summed E-state index contributed by atoms with van der Waals surface area (Å²) in [6, 6.07) is 5.66. The number of carbonyl (C=O) groups excluding carboxylic acids is 1. The van der Waals surface area contributed by atoms with Gasteiger partial charge in [0.15, 0.2) is 0 Å². The highest BCUT2D eigenvalue weighted by atomic mass is 16.6. The van der Waals surface area contributed by atoms with Crippen LogP contribution in [0.25, 0.3) is 0 Å². The lowest BCUT2D eigenvalue weighted by Crippen LogP contribution is -2.32. The molecule has 0 bridgehead atoms. The number of terminal acetylenes is 1. The van der Waals surface area contributed by atoms with Crippen molar-refractivity contribution in [1.82, 2.24) is 4.90 Å².